The largest absolute Gasteiger partial charge is 0.465 e. The van der Waals surface area contributed by atoms with E-state index >= 15 is 0 Å². The minimum Gasteiger partial charge on any atom is -0.465 e. The Labute approximate surface area is 165 Å². The lowest BCUT2D eigenvalue weighted by Crippen LogP contribution is -2.27. The van der Waals surface area contributed by atoms with E-state index in [4.69, 9.17) is 10.00 Å². The first kappa shape index (κ1) is 20.6. The van der Waals surface area contributed by atoms with Crippen LogP contribution in [0.5, 0.6) is 0 Å². The molecule has 0 aliphatic heterocycles. The smallest absolute Gasteiger partial charge is 0.331 e. The fourth-order valence-electron chi connectivity index (χ4n) is 2.23. The van der Waals surface area contributed by atoms with Crippen molar-refractivity contribution < 1.29 is 22.7 Å². The van der Waals surface area contributed by atoms with Gasteiger partial charge in [0.05, 0.1) is 17.6 Å². The highest BCUT2D eigenvalue weighted by molar-refractivity contribution is 9.10. The highest BCUT2D eigenvalue weighted by atomic mass is 79.9. The topological polar surface area (TPSA) is 113 Å². The number of hydrogen-bond donors (Lipinski definition) is 1. The van der Waals surface area contributed by atoms with Gasteiger partial charge < -0.3 is 4.74 Å². The maximum Gasteiger partial charge on any atom is 0.331 e. The summed E-state index contributed by atoms with van der Waals surface area (Å²) in [6, 6.07) is 13.3. The number of carbonyl (C=O) groups is 2. The van der Waals surface area contributed by atoms with Crippen LogP contribution in [-0.2, 0) is 19.6 Å². The summed E-state index contributed by atoms with van der Waals surface area (Å²) in [7, 11) is -4.13. The average molecular weight is 451 g/mol. The molecule has 0 aliphatic rings. The van der Waals surface area contributed by atoms with Gasteiger partial charge >= 0.3 is 5.97 Å². The second-order valence-electron chi connectivity index (χ2n) is 5.29. The van der Waals surface area contributed by atoms with E-state index in [1.54, 1.807) is 30.3 Å². The summed E-state index contributed by atoms with van der Waals surface area (Å²) in [5.41, 5.74) is 0.0318. The standard InChI is InChI=1S/C18H15BrN2O5S/c1-2-26-18(23)15(11-20)17(22)14-5-3-4-6-16(14)27(24,25)21-13-9-7-12(19)8-10-13/h3-10,15,21H,2H2,1H3. The molecule has 0 amide bonds. The molecule has 0 aromatic heterocycles. The fraction of sp³-hybridized carbons (Fsp3) is 0.167. The third-order valence-corrected chi connectivity index (χ3v) is 5.42. The third-order valence-electron chi connectivity index (χ3n) is 3.45. The molecule has 1 unspecified atom stereocenters. The predicted molar refractivity (Wildman–Crippen MR) is 101 cm³/mol. The number of benzene rings is 2. The van der Waals surface area contributed by atoms with E-state index in [2.05, 4.69) is 20.7 Å². The number of Topliss-reactive ketones (excluding diaryl/α,β-unsaturated/α-hetero) is 1. The Kier molecular flexibility index (Phi) is 6.71. The van der Waals surface area contributed by atoms with Crippen molar-refractivity contribution in [3.05, 3.63) is 58.6 Å². The van der Waals surface area contributed by atoms with Crippen LogP contribution in [0.4, 0.5) is 5.69 Å². The van der Waals surface area contributed by atoms with Crippen LogP contribution in [0.1, 0.15) is 17.3 Å². The van der Waals surface area contributed by atoms with Crippen molar-refractivity contribution in [2.24, 2.45) is 5.92 Å². The molecule has 9 heteroatoms. The fourth-order valence-corrected chi connectivity index (χ4v) is 3.77. The van der Waals surface area contributed by atoms with Gasteiger partial charge in [0, 0.05) is 15.7 Å². The Hall–Kier alpha value is -2.70. The first-order chi connectivity index (χ1) is 12.8. The van der Waals surface area contributed by atoms with Crippen LogP contribution in [0.25, 0.3) is 0 Å². The Morgan fingerprint density at radius 3 is 2.41 bits per heavy atom. The van der Waals surface area contributed by atoms with Gasteiger partial charge in [0.25, 0.3) is 10.0 Å². The average Bonchev–Trinajstić information content (AvgIpc) is 2.64. The minimum atomic E-state index is -4.13. The SMILES string of the molecule is CCOC(=O)C(C#N)C(=O)c1ccccc1S(=O)(=O)Nc1ccc(Br)cc1. The van der Waals surface area contributed by atoms with Gasteiger partial charge in [-0.15, -0.1) is 0 Å². The van der Waals surface area contributed by atoms with Gasteiger partial charge in [-0.2, -0.15) is 5.26 Å². The summed E-state index contributed by atoms with van der Waals surface area (Å²) < 4.78 is 33.3. The van der Waals surface area contributed by atoms with E-state index in [1.165, 1.54) is 31.2 Å². The lowest BCUT2D eigenvalue weighted by Gasteiger charge is -2.13. The normalized spacial score (nSPS) is 11.9. The molecule has 2 rings (SSSR count). The highest BCUT2D eigenvalue weighted by Gasteiger charge is 2.32. The van der Waals surface area contributed by atoms with Gasteiger partial charge in [0.2, 0.25) is 5.92 Å². The molecule has 0 saturated heterocycles. The second-order valence-corrected chi connectivity index (χ2v) is 7.85. The number of esters is 1. The van der Waals surface area contributed by atoms with Crippen molar-refractivity contribution in [2.75, 3.05) is 11.3 Å². The quantitative estimate of drug-likeness (QED) is 0.393. The summed E-state index contributed by atoms with van der Waals surface area (Å²) in [5, 5.41) is 9.17. The van der Waals surface area contributed by atoms with Crippen LogP contribution in [0.15, 0.2) is 57.9 Å². The van der Waals surface area contributed by atoms with Gasteiger partial charge in [0.15, 0.2) is 5.78 Å². The van der Waals surface area contributed by atoms with Crippen molar-refractivity contribution in [1.29, 1.82) is 5.26 Å². The maximum absolute atomic E-state index is 12.7. The van der Waals surface area contributed by atoms with E-state index in [0.717, 1.165) is 4.47 Å². The van der Waals surface area contributed by atoms with Crippen molar-refractivity contribution in [1.82, 2.24) is 0 Å². The van der Waals surface area contributed by atoms with Gasteiger partial charge in [-0.1, -0.05) is 28.1 Å². The van der Waals surface area contributed by atoms with Gasteiger partial charge in [-0.25, -0.2) is 8.42 Å². The number of halogens is 1. The summed E-state index contributed by atoms with van der Waals surface area (Å²) >= 11 is 3.25. The van der Waals surface area contributed by atoms with E-state index in [0.29, 0.717) is 5.69 Å². The molecule has 0 saturated carbocycles. The molecule has 1 atom stereocenters. The molecule has 0 bridgehead atoms. The summed E-state index contributed by atoms with van der Waals surface area (Å²) in [4.78, 5) is 24.1. The Morgan fingerprint density at radius 1 is 1.19 bits per heavy atom. The molecule has 2 aromatic carbocycles. The van der Waals surface area contributed by atoms with Gasteiger partial charge in [-0.05, 0) is 43.3 Å². The van der Waals surface area contributed by atoms with Crippen LogP contribution in [0.3, 0.4) is 0 Å². The lowest BCUT2D eigenvalue weighted by atomic mass is 9.99. The maximum atomic E-state index is 12.7. The van der Waals surface area contributed by atoms with Crippen LogP contribution < -0.4 is 4.72 Å². The van der Waals surface area contributed by atoms with E-state index < -0.39 is 27.7 Å². The van der Waals surface area contributed by atoms with E-state index in [-0.39, 0.29) is 17.1 Å². The number of sulfonamides is 1. The zero-order valence-corrected chi connectivity index (χ0v) is 16.6. The van der Waals surface area contributed by atoms with Gasteiger partial charge in [-0.3, -0.25) is 14.3 Å². The van der Waals surface area contributed by atoms with E-state index in [1.807, 2.05) is 0 Å². The van der Waals surface area contributed by atoms with Gasteiger partial charge in [0.1, 0.15) is 0 Å². The molecule has 0 radical (unpaired) electrons. The molecular formula is C18H15BrN2O5S. The number of ether oxygens (including phenoxy) is 1. The molecule has 27 heavy (non-hydrogen) atoms. The van der Waals surface area contributed by atoms with Crippen molar-refractivity contribution in [3.63, 3.8) is 0 Å². The zero-order valence-electron chi connectivity index (χ0n) is 14.2. The number of nitrogens with zero attached hydrogens (tertiary/aromatic N) is 1. The third kappa shape index (κ3) is 4.93. The molecule has 2 aromatic rings. The lowest BCUT2D eigenvalue weighted by molar-refractivity contribution is -0.144. The zero-order chi connectivity index (χ0) is 20.0. The highest BCUT2D eigenvalue weighted by Crippen LogP contribution is 2.23. The molecule has 0 fully saturated rings. The molecule has 0 spiro atoms. The van der Waals surface area contributed by atoms with Crippen molar-refractivity contribution in [2.45, 2.75) is 11.8 Å². The number of ketones is 1. The molecule has 7 nitrogen and oxygen atoms in total. The van der Waals surface area contributed by atoms with Crippen LogP contribution >= 0.6 is 15.9 Å². The Balaban J connectivity index is 2.42. The number of anilines is 1. The second kappa shape index (κ2) is 8.79. The minimum absolute atomic E-state index is 0.00460. The van der Waals surface area contributed by atoms with Crippen molar-refractivity contribution >= 4 is 43.4 Å². The molecule has 0 aliphatic carbocycles. The molecular weight excluding hydrogens is 436 g/mol. The summed E-state index contributed by atoms with van der Waals surface area (Å²) in [5.74, 6) is -3.69. The Bertz CT molecular complexity index is 997. The molecule has 140 valence electrons. The van der Waals surface area contributed by atoms with Crippen molar-refractivity contribution in [3.8, 4) is 6.07 Å². The number of hydrogen-bond acceptors (Lipinski definition) is 6. The number of nitrogens with one attached hydrogen (secondary N) is 1. The number of nitriles is 1. The van der Waals surface area contributed by atoms with Crippen LogP contribution in [0, 0.1) is 17.2 Å². The Morgan fingerprint density at radius 2 is 1.81 bits per heavy atom. The van der Waals surface area contributed by atoms with E-state index in [9.17, 15) is 18.0 Å². The number of rotatable bonds is 7. The number of carbonyl (C=O) groups excluding carboxylic acids is 2. The summed E-state index contributed by atoms with van der Waals surface area (Å²) in [6.07, 6.45) is 0. The molecule has 1 N–H and O–H groups in total. The molecule has 0 heterocycles. The van der Waals surface area contributed by atoms with Crippen LogP contribution in [-0.4, -0.2) is 26.8 Å². The monoisotopic (exact) mass is 450 g/mol. The van der Waals surface area contributed by atoms with Crippen LogP contribution in [0.2, 0.25) is 0 Å². The summed E-state index contributed by atoms with van der Waals surface area (Å²) in [6.45, 7) is 1.53. The first-order valence-corrected chi connectivity index (χ1v) is 10.1. The first-order valence-electron chi connectivity index (χ1n) is 7.78. The predicted octanol–water partition coefficient (Wildman–Crippen LogP) is 3.14.